The van der Waals surface area contributed by atoms with Crippen LogP contribution in [0.5, 0.6) is 0 Å². The van der Waals surface area contributed by atoms with Gasteiger partial charge in [0.1, 0.15) is 5.65 Å². The van der Waals surface area contributed by atoms with Crippen molar-refractivity contribution >= 4 is 32.9 Å². The summed E-state index contributed by atoms with van der Waals surface area (Å²) in [6, 6.07) is 11.7. The lowest BCUT2D eigenvalue weighted by molar-refractivity contribution is 0.254. The molecule has 3 aromatic heterocycles. The predicted octanol–water partition coefficient (Wildman–Crippen LogP) is 4.20. The number of aryl methyl sites for hydroxylation is 1. The van der Waals surface area contributed by atoms with Crippen LogP contribution in [0.25, 0.3) is 27.1 Å². The highest BCUT2D eigenvalue weighted by molar-refractivity contribution is 7.18. The van der Waals surface area contributed by atoms with Gasteiger partial charge in [-0.2, -0.15) is 0 Å². The van der Waals surface area contributed by atoms with E-state index in [1.165, 1.54) is 19.4 Å². The third-order valence-corrected chi connectivity index (χ3v) is 6.93. The van der Waals surface area contributed by atoms with Gasteiger partial charge in [0, 0.05) is 44.0 Å². The fourth-order valence-corrected chi connectivity index (χ4v) is 5.10. The Labute approximate surface area is 185 Å². The molecule has 0 saturated carbocycles. The molecular weight excluding hydrogens is 406 g/mol. The van der Waals surface area contributed by atoms with Crippen LogP contribution < -0.4 is 10.5 Å². The van der Waals surface area contributed by atoms with Gasteiger partial charge in [-0.15, -0.1) is 11.3 Å². The minimum absolute atomic E-state index is 0.0518. The van der Waals surface area contributed by atoms with E-state index < -0.39 is 0 Å². The van der Waals surface area contributed by atoms with Crippen molar-refractivity contribution in [1.82, 2.24) is 19.3 Å². The van der Waals surface area contributed by atoms with Crippen LogP contribution in [0, 0.1) is 6.92 Å². The summed E-state index contributed by atoms with van der Waals surface area (Å²) in [4.78, 5) is 27.1. The second-order valence-corrected chi connectivity index (χ2v) is 9.43. The van der Waals surface area contributed by atoms with Gasteiger partial charge in [-0.25, -0.2) is 9.97 Å². The zero-order valence-electron chi connectivity index (χ0n) is 18.0. The van der Waals surface area contributed by atoms with Gasteiger partial charge in [0.25, 0.3) is 5.56 Å². The van der Waals surface area contributed by atoms with E-state index in [1.807, 2.05) is 31.3 Å². The lowest BCUT2D eigenvalue weighted by atomic mass is 10.1. The summed E-state index contributed by atoms with van der Waals surface area (Å²) in [5.41, 5.74) is 4.35. The van der Waals surface area contributed by atoms with E-state index in [-0.39, 0.29) is 5.56 Å². The van der Waals surface area contributed by atoms with Gasteiger partial charge >= 0.3 is 0 Å². The van der Waals surface area contributed by atoms with Crippen LogP contribution >= 0.6 is 11.3 Å². The van der Waals surface area contributed by atoms with E-state index in [0.717, 1.165) is 52.7 Å². The smallest absolute Gasteiger partial charge is 0.258 e. The van der Waals surface area contributed by atoms with E-state index in [9.17, 15) is 4.79 Å². The van der Waals surface area contributed by atoms with Crippen molar-refractivity contribution < 1.29 is 0 Å². The molecule has 160 valence electrons. The standard InChI is InChI=1S/C24H27N5OS/c1-3-4-9-27-10-12-28(13-11-27)19-6-8-23-26-21(15-24(30)29(23)16-19)18-5-7-20-22(14-18)31-17(2)25-20/h5-8,14-16H,3-4,9-13H2,1-2H3. The molecule has 0 N–H and O–H groups in total. The lowest BCUT2D eigenvalue weighted by Gasteiger charge is -2.36. The SMILES string of the molecule is CCCCN1CCN(c2ccc3nc(-c4ccc5nc(C)sc5c4)cc(=O)n3c2)CC1. The van der Waals surface area contributed by atoms with Gasteiger partial charge in [0.2, 0.25) is 0 Å². The molecule has 0 bridgehead atoms. The number of anilines is 1. The van der Waals surface area contributed by atoms with Gasteiger partial charge in [-0.1, -0.05) is 19.4 Å². The Morgan fingerprint density at radius 2 is 1.87 bits per heavy atom. The molecule has 1 aromatic carbocycles. The van der Waals surface area contributed by atoms with Crippen LogP contribution in [0.2, 0.25) is 0 Å². The molecule has 1 saturated heterocycles. The van der Waals surface area contributed by atoms with Crippen LogP contribution in [0.15, 0.2) is 47.4 Å². The Balaban J connectivity index is 1.41. The molecule has 5 rings (SSSR count). The normalized spacial score (nSPS) is 15.2. The Morgan fingerprint density at radius 1 is 1.03 bits per heavy atom. The maximum absolute atomic E-state index is 12.9. The topological polar surface area (TPSA) is 53.7 Å². The summed E-state index contributed by atoms with van der Waals surface area (Å²) in [6.07, 6.45) is 4.43. The number of benzene rings is 1. The van der Waals surface area contributed by atoms with Gasteiger partial charge in [-0.05, 0) is 44.2 Å². The van der Waals surface area contributed by atoms with Crippen LogP contribution in [0.1, 0.15) is 24.8 Å². The van der Waals surface area contributed by atoms with E-state index in [2.05, 4.69) is 33.8 Å². The molecule has 0 atom stereocenters. The quantitative estimate of drug-likeness (QED) is 0.472. The number of unbranched alkanes of at least 4 members (excludes halogenated alkanes) is 1. The number of piperazine rings is 1. The molecule has 1 aliphatic heterocycles. The van der Waals surface area contributed by atoms with Crippen molar-refractivity contribution in [2.45, 2.75) is 26.7 Å². The molecule has 0 amide bonds. The Morgan fingerprint density at radius 3 is 2.68 bits per heavy atom. The zero-order chi connectivity index (χ0) is 21.4. The second-order valence-electron chi connectivity index (χ2n) is 8.19. The third kappa shape index (κ3) is 4.07. The number of thiazole rings is 1. The first-order chi connectivity index (χ1) is 15.1. The van der Waals surface area contributed by atoms with Gasteiger partial charge in [-0.3, -0.25) is 14.1 Å². The number of nitrogens with zero attached hydrogens (tertiary/aromatic N) is 5. The van der Waals surface area contributed by atoms with Crippen molar-refractivity contribution in [3.05, 3.63) is 58.0 Å². The number of hydrogen-bond donors (Lipinski definition) is 0. The van der Waals surface area contributed by atoms with Crippen molar-refractivity contribution in [3.8, 4) is 11.3 Å². The summed E-state index contributed by atoms with van der Waals surface area (Å²) < 4.78 is 2.78. The molecule has 4 aromatic rings. The van der Waals surface area contributed by atoms with E-state index in [4.69, 9.17) is 4.98 Å². The molecule has 1 fully saturated rings. The zero-order valence-corrected chi connectivity index (χ0v) is 18.9. The average molecular weight is 434 g/mol. The molecule has 0 radical (unpaired) electrons. The minimum atomic E-state index is -0.0518. The third-order valence-electron chi connectivity index (χ3n) is 6.00. The molecule has 0 spiro atoms. The molecule has 6 nitrogen and oxygen atoms in total. The highest BCUT2D eigenvalue weighted by atomic mass is 32.1. The van der Waals surface area contributed by atoms with Crippen LogP contribution in [-0.4, -0.2) is 52.0 Å². The first-order valence-corrected chi connectivity index (χ1v) is 11.8. The van der Waals surface area contributed by atoms with Crippen molar-refractivity contribution in [1.29, 1.82) is 0 Å². The molecule has 4 heterocycles. The molecule has 0 unspecified atom stereocenters. The number of fused-ring (bicyclic) bond motifs is 2. The summed E-state index contributed by atoms with van der Waals surface area (Å²) in [5, 5.41) is 1.04. The molecule has 7 heteroatoms. The number of pyridine rings is 1. The summed E-state index contributed by atoms with van der Waals surface area (Å²) >= 11 is 1.66. The van der Waals surface area contributed by atoms with Crippen LogP contribution in [0.4, 0.5) is 5.69 Å². The molecule has 1 aliphatic rings. The summed E-state index contributed by atoms with van der Waals surface area (Å²) in [6.45, 7) is 9.55. The minimum Gasteiger partial charge on any atom is -0.368 e. The van der Waals surface area contributed by atoms with Crippen molar-refractivity contribution in [3.63, 3.8) is 0 Å². The van der Waals surface area contributed by atoms with Crippen molar-refractivity contribution in [2.24, 2.45) is 0 Å². The maximum atomic E-state index is 12.9. The van der Waals surface area contributed by atoms with E-state index in [1.54, 1.807) is 21.8 Å². The average Bonchev–Trinajstić information content (AvgIpc) is 3.17. The monoisotopic (exact) mass is 433 g/mol. The first-order valence-electron chi connectivity index (χ1n) is 11.0. The van der Waals surface area contributed by atoms with Gasteiger partial charge < -0.3 is 4.90 Å². The van der Waals surface area contributed by atoms with Crippen LogP contribution in [0.3, 0.4) is 0 Å². The summed E-state index contributed by atoms with van der Waals surface area (Å²) in [7, 11) is 0. The van der Waals surface area contributed by atoms with Crippen LogP contribution in [-0.2, 0) is 0 Å². The van der Waals surface area contributed by atoms with Crippen molar-refractivity contribution in [2.75, 3.05) is 37.6 Å². The lowest BCUT2D eigenvalue weighted by Crippen LogP contribution is -2.46. The largest absolute Gasteiger partial charge is 0.368 e. The molecule has 31 heavy (non-hydrogen) atoms. The Hall–Kier alpha value is -2.77. The number of rotatable bonds is 5. The van der Waals surface area contributed by atoms with Gasteiger partial charge in [0.15, 0.2) is 0 Å². The molecular formula is C24H27N5OS. The van der Waals surface area contributed by atoms with Gasteiger partial charge in [0.05, 0.1) is 26.6 Å². The number of aromatic nitrogens is 3. The second kappa shape index (κ2) is 8.40. The summed E-state index contributed by atoms with van der Waals surface area (Å²) in [5.74, 6) is 0. The maximum Gasteiger partial charge on any atom is 0.258 e. The fraction of sp³-hybridized carbons (Fsp3) is 0.375. The Kier molecular flexibility index (Phi) is 5.46. The Bertz CT molecular complexity index is 1290. The highest BCUT2D eigenvalue weighted by Gasteiger charge is 2.17. The predicted molar refractivity (Wildman–Crippen MR) is 128 cm³/mol. The molecule has 0 aliphatic carbocycles. The fourth-order valence-electron chi connectivity index (χ4n) is 4.24. The highest BCUT2D eigenvalue weighted by Crippen LogP contribution is 2.27. The first kappa shape index (κ1) is 20.2. The number of hydrogen-bond acceptors (Lipinski definition) is 6. The van der Waals surface area contributed by atoms with E-state index >= 15 is 0 Å². The van der Waals surface area contributed by atoms with E-state index in [0.29, 0.717) is 11.3 Å².